The molecular formula is C19H22N2O4S. The minimum Gasteiger partial charge on any atom is -0.497 e. The van der Waals surface area contributed by atoms with Crippen LogP contribution in [0.2, 0.25) is 0 Å². The van der Waals surface area contributed by atoms with Crippen molar-refractivity contribution in [2.75, 3.05) is 20.2 Å². The topological polar surface area (TPSA) is 75.7 Å². The van der Waals surface area contributed by atoms with Crippen LogP contribution in [0.4, 0.5) is 0 Å². The van der Waals surface area contributed by atoms with Crippen molar-refractivity contribution in [2.24, 2.45) is 0 Å². The number of piperazine rings is 1. The lowest BCUT2D eigenvalue weighted by atomic mass is 10.0. The highest BCUT2D eigenvalue weighted by Crippen LogP contribution is 2.30. The summed E-state index contributed by atoms with van der Waals surface area (Å²) in [5.41, 5.74) is 1.67. The summed E-state index contributed by atoms with van der Waals surface area (Å²) in [7, 11) is -2.24. The van der Waals surface area contributed by atoms with E-state index < -0.39 is 16.1 Å². The molecule has 1 atom stereocenters. The maximum absolute atomic E-state index is 13.2. The van der Waals surface area contributed by atoms with Gasteiger partial charge in [-0.05, 0) is 41.8 Å². The van der Waals surface area contributed by atoms with Gasteiger partial charge in [-0.15, -0.1) is 0 Å². The van der Waals surface area contributed by atoms with Crippen molar-refractivity contribution in [1.82, 2.24) is 9.62 Å². The molecule has 0 radical (unpaired) electrons. The van der Waals surface area contributed by atoms with Gasteiger partial charge in [-0.25, -0.2) is 8.42 Å². The van der Waals surface area contributed by atoms with E-state index in [1.165, 1.54) is 4.31 Å². The molecule has 3 rings (SSSR count). The lowest BCUT2D eigenvalue weighted by Gasteiger charge is -2.34. The average molecular weight is 374 g/mol. The Bertz CT molecular complexity index is 877. The normalized spacial score (nSPS) is 18.4. The van der Waals surface area contributed by atoms with E-state index in [2.05, 4.69) is 5.32 Å². The molecular weight excluding hydrogens is 352 g/mol. The molecule has 0 aromatic heterocycles. The van der Waals surface area contributed by atoms with E-state index in [1.807, 2.05) is 6.92 Å². The zero-order valence-corrected chi connectivity index (χ0v) is 15.6. The number of nitrogens with one attached hydrogen (secondary N) is 1. The molecule has 1 aliphatic rings. The van der Waals surface area contributed by atoms with Crippen LogP contribution in [0.15, 0.2) is 53.4 Å². The van der Waals surface area contributed by atoms with Crippen molar-refractivity contribution >= 4 is 15.9 Å². The summed E-state index contributed by atoms with van der Waals surface area (Å²) < 4.78 is 32.7. The highest BCUT2D eigenvalue weighted by molar-refractivity contribution is 7.89. The average Bonchev–Trinajstić information content (AvgIpc) is 2.68. The second-order valence-electron chi connectivity index (χ2n) is 6.08. The predicted molar refractivity (Wildman–Crippen MR) is 98.5 cm³/mol. The Kier molecular flexibility index (Phi) is 5.29. The van der Waals surface area contributed by atoms with Gasteiger partial charge in [-0.3, -0.25) is 4.79 Å². The van der Waals surface area contributed by atoms with Crippen molar-refractivity contribution in [3.63, 3.8) is 0 Å². The molecule has 1 fully saturated rings. The van der Waals surface area contributed by atoms with Crippen molar-refractivity contribution in [3.05, 3.63) is 59.7 Å². The van der Waals surface area contributed by atoms with E-state index in [0.717, 1.165) is 12.0 Å². The lowest BCUT2D eigenvalue weighted by molar-refractivity contribution is -0.126. The maximum Gasteiger partial charge on any atom is 0.244 e. The van der Waals surface area contributed by atoms with E-state index in [0.29, 0.717) is 11.3 Å². The van der Waals surface area contributed by atoms with Gasteiger partial charge in [0.25, 0.3) is 0 Å². The van der Waals surface area contributed by atoms with Gasteiger partial charge in [0.15, 0.2) is 0 Å². The van der Waals surface area contributed by atoms with Crippen LogP contribution in [-0.2, 0) is 21.2 Å². The van der Waals surface area contributed by atoms with E-state index in [9.17, 15) is 13.2 Å². The van der Waals surface area contributed by atoms with E-state index in [1.54, 1.807) is 55.6 Å². The number of amides is 1. The summed E-state index contributed by atoms with van der Waals surface area (Å²) in [6.45, 7) is 2.52. The van der Waals surface area contributed by atoms with Crippen LogP contribution in [0.1, 0.15) is 24.1 Å². The van der Waals surface area contributed by atoms with Crippen LogP contribution < -0.4 is 10.1 Å². The van der Waals surface area contributed by atoms with Gasteiger partial charge in [-0.1, -0.05) is 31.2 Å². The number of sulfonamides is 1. The number of benzene rings is 2. The van der Waals surface area contributed by atoms with Gasteiger partial charge in [-0.2, -0.15) is 4.31 Å². The van der Waals surface area contributed by atoms with Crippen molar-refractivity contribution in [2.45, 2.75) is 24.3 Å². The molecule has 2 aromatic carbocycles. The summed E-state index contributed by atoms with van der Waals surface area (Å²) in [5.74, 6) is 0.324. The molecule has 6 nitrogen and oxygen atoms in total. The number of hydrogen-bond donors (Lipinski definition) is 1. The predicted octanol–water partition coefficient (Wildman–Crippen LogP) is 2.12. The summed E-state index contributed by atoms with van der Waals surface area (Å²) in [4.78, 5) is 12.7. The zero-order chi connectivity index (χ0) is 18.7. The molecule has 1 heterocycles. The van der Waals surface area contributed by atoms with E-state index >= 15 is 0 Å². The van der Waals surface area contributed by atoms with E-state index in [4.69, 9.17) is 4.74 Å². The standard InChI is InChI=1S/C19H22N2O4S/c1-3-14-4-10-17(11-5-14)26(23,24)21-13-12-20-19(22)18(21)15-6-8-16(25-2)9-7-15/h4-11,18H,3,12-13H2,1-2H3,(H,20,22). The van der Waals surface area contributed by atoms with Crippen molar-refractivity contribution < 1.29 is 17.9 Å². The number of rotatable bonds is 5. The first kappa shape index (κ1) is 18.4. The second kappa shape index (κ2) is 7.47. The number of ether oxygens (including phenoxy) is 1. The second-order valence-corrected chi connectivity index (χ2v) is 7.97. The lowest BCUT2D eigenvalue weighted by Crippen LogP contribution is -2.52. The Hall–Kier alpha value is -2.38. The number of nitrogens with zero attached hydrogens (tertiary/aromatic N) is 1. The van der Waals surface area contributed by atoms with Crippen molar-refractivity contribution in [3.8, 4) is 5.75 Å². The molecule has 7 heteroatoms. The molecule has 1 amide bonds. The smallest absolute Gasteiger partial charge is 0.244 e. The third kappa shape index (κ3) is 3.45. The Morgan fingerprint density at radius 3 is 2.35 bits per heavy atom. The largest absolute Gasteiger partial charge is 0.497 e. The minimum atomic E-state index is -3.79. The highest BCUT2D eigenvalue weighted by Gasteiger charge is 2.39. The monoisotopic (exact) mass is 374 g/mol. The van der Waals surface area contributed by atoms with Gasteiger partial charge in [0.2, 0.25) is 15.9 Å². The SMILES string of the molecule is CCc1ccc(S(=O)(=O)N2CCNC(=O)C2c2ccc(OC)cc2)cc1. The molecule has 1 aliphatic heterocycles. The molecule has 138 valence electrons. The number of methoxy groups -OCH3 is 1. The molecule has 26 heavy (non-hydrogen) atoms. The minimum absolute atomic E-state index is 0.197. The molecule has 1 unspecified atom stereocenters. The van der Waals surface area contributed by atoms with Crippen LogP contribution in [-0.4, -0.2) is 38.8 Å². The van der Waals surface area contributed by atoms with Gasteiger partial charge in [0, 0.05) is 13.1 Å². The quantitative estimate of drug-likeness (QED) is 0.870. The molecule has 0 bridgehead atoms. The molecule has 1 N–H and O–H groups in total. The number of carbonyl (C=O) groups excluding carboxylic acids is 1. The van der Waals surface area contributed by atoms with Gasteiger partial charge in [0.1, 0.15) is 11.8 Å². The van der Waals surface area contributed by atoms with Crippen LogP contribution in [0.5, 0.6) is 5.75 Å². The third-order valence-corrected chi connectivity index (χ3v) is 6.42. The van der Waals surface area contributed by atoms with Crippen LogP contribution in [0.3, 0.4) is 0 Å². The first-order chi connectivity index (χ1) is 12.5. The number of hydrogen-bond acceptors (Lipinski definition) is 4. The Morgan fingerprint density at radius 2 is 1.77 bits per heavy atom. The summed E-state index contributed by atoms with van der Waals surface area (Å²) in [5, 5.41) is 2.75. The first-order valence-electron chi connectivity index (χ1n) is 8.50. The van der Waals surface area contributed by atoms with Crippen LogP contribution >= 0.6 is 0 Å². The number of aryl methyl sites for hydroxylation is 1. The fraction of sp³-hybridized carbons (Fsp3) is 0.316. The zero-order valence-electron chi connectivity index (χ0n) is 14.8. The molecule has 0 aliphatic carbocycles. The Labute approximate surface area is 153 Å². The number of carbonyl (C=O) groups is 1. The molecule has 0 spiro atoms. The Balaban J connectivity index is 1.99. The highest BCUT2D eigenvalue weighted by atomic mass is 32.2. The molecule has 2 aromatic rings. The van der Waals surface area contributed by atoms with Gasteiger partial charge >= 0.3 is 0 Å². The third-order valence-electron chi connectivity index (χ3n) is 4.54. The van der Waals surface area contributed by atoms with E-state index in [-0.39, 0.29) is 23.9 Å². The van der Waals surface area contributed by atoms with Crippen LogP contribution in [0.25, 0.3) is 0 Å². The Morgan fingerprint density at radius 1 is 1.12 bits per heavy atom. The summed E-state index contributed by atoms with van der Waals surface area (Å²) in [6, 6.07) is 12.8. The molecule has 1 saturated heterocycles. The fourth-order valence-corrected chi connectivity index (χ4v) is 4.62. The molecule has 0 saturated carbocycles. The maximum atomic E-state index is 13.2. The summed E-state index contributed by atoms with van der Waals surface area (Å²) >= 11 is 0. The van der Waals surface area contributed by atoms with Gasteiger partial charge < -0.3 is 10.1 Å². The van der Waals surface area contributed by atoms with Gasteiger partial charge in [0.05, 0.1) is 12.0 Å². The van der Waals surface area contributed by atoms with Crippen LogP contribution in [0, 0.1) is 0 Å². The van der Waals surface area contributed by atoms with Crippen molar-refractivity contribution in [1.29, 1.82) is 0 Å². The fourth-order valence-electron chi connectivity index (χ4n) is 3.04. The first-order valence-corrected chi connectivity index (χ1v) is 9.94. The summed E-state index contributed by atoms with van der Waals surface area (Å²) in [6.07, 6.45) is 0.834.